The third-order valence-corrected chi connectivity index (χ3v) is 3.10. The monoisotopic (exact) mass is 244 g/mol. The maximum Gasteiger partial charge on any atom is 0.395 e. The number of halogens is 3. The topological polar surface area (TPSA) is 9.23 Å². The van der Waals surface area contributed by atoms with Gasteiger partial charge in [-0.2, -0.15) is 13.2 Å². The molecule has 0 fully saturated rings. The van der Waals surface area contributed by atoms with Crippen LogP contribution in [0.1, 0.15) is 30.9 Å². The van der Waals surface area contributed by atoms with Crippen LogP contribution in [0.25, 0.3) is 0 Å². The molecule has 0 spiro atoms. The van der Waals surface area contributed by atoms with Gasteiger partial charge in [0.2, 0.25) is 0 Å². The van der Waals surface area contributed by atoms with Crippen LogP contribution < -0.4 is 4.74 Å². The molecule has 4 heteroatoms. The zero-order valence-corrected chi connectivity index (χ0v) is 9.84. The molecular formula is C13H15F3O. The number of benzene rings is 1. The van der Waals surface area contributed by atoms with Crippen LogP contribution in [0.15, 0.2) is 18.2 Å². The normalized spacial score (nSPS) is 16.8. The van der Waals surface area contributed by atoms with E-state index in [4.69, 9.17) is 4.74 Å². The van der Waals surface area contributed by atoms with E-state index >= 15 is 0 Å². The number of hydrogen-bond donors (Lipinski definition) is 0. The van der Waals surface area contributed by atoms with Gasteiger partial charge in [-0.3, -0.25) is 0 Å². The lowest BCUT2D eigenvalue weighted by atomic mass is 9.87. The van der Waals surface area contributed by atoms with Crippen LogP contribution in [0.4, 0.5) is 13.2 Å². The van der Waals surface area contributed by atoms with Crippen LogP contribution in [-0.4, -0.2) is 12.8 Å². The number of hydrogen-bond acceptors (Lipinski definition) is 1. The second-order valence-corrected chi connectivity index (χ2v) is 4.73. The Labute approximate surface area is 98.6 Å². The smallest absolute Gasteiger partial charge is 0.395 e. The van der Waals surface area contributed by atoms with E-state index < -0.39 is 18.0 Å². The second-order valence-electron chi connectivity index (χ2n) is 4.73. The van der Waals surface area contributed by atoms with Crippen molar-refractivity contribution in [2.45, 2.75) is 32.4 Å². The molecule has 17 heavy (non-hydrogen) atoms. The predicted molar refractivity (Wildman–Crippen MR) is 59.3 cm³/mol. The van der Waals surface area contributed by atoms with Crippen molar-refractivity contribution in [3.8, 4) is 5.75 Å². The Morgan fingerprint density at radius 2 is 1.94 bits per heavy atom. The van der Waals surface area contributed by atoms with Crippen LogP contribution in [-0.2, 0) is 6.42 Å². The van der Waals surface area contributed by atoms with E-state index in [0.717, 1.165) is 12.0 Å². The highest BCUT2D eigenvalue weighted by molar-refractivity contribution is 5.41. The van der Waals surface area contributed by atoms with Crippen LogP contribution >= 0.6 is 0 Å². The number of rotatable bonds is 2. The van der Waals surface area contributed by atoms with E-state index in [-0.39, 0.29) is 0 Å². The molecular weight excluding hydrogens is 229 g/mol. The lowest BCUT2D eigenvalue weighted by Gasteiger charge is -2.24. The molecule has 1 aromatic carbocycles. The van der Waals surface area contributed by atoms with Crippen molar-refractivity contribution >= 4 is 0 Å². The SMILES string of the molecule is CC(C)[C@@H](c1ccc2c(c1)OCC2)C(F)(F)F. The minimum absolute atomic E-state index is 0.299. The molecule has 1 aliphatic rings. The van der Waals surface area contributed by atoms with E-state index in [1.54, 1.807) is 32.0 Å². The fourth-order valence-electron chi connectivity index (χ4n) is 2.33. The summed E-state index contributed by atoms with van der Waals surface area (Å²) in [6, 6.07) is 4.87. The molecule has 94 valence electrons. The molecule has 0 aromatic heterocycles. The van der Waals surface area contributed by atoms with Crippen molar-refractivity contribution in [3.05, 3.63) is 29.3 Å². The van der Waals surface area contributed by atoms with Gasteiger partial charge in [0.25, 0.3) is 0 Å². The molecule has 1 aliphatic heterocycles. The summed E-state index contributed by atoms with van der Waals surface area (Å²) in [6.45, 7) is 3.75. The lowest BCUT2D eigenvalue weighted by molar-refractivity contribution is -0.159. The molecule has 0 bridgehead atoms. The second kappa shape index (κ2) is 4.24. The summed E-state index contributed by atoms with van der Waals surface area (Å²) < 4.78 is 44.2. The minimum Gasteiger partial charge on any atom is -0.493 e. The van der Waals surface area contributed by atoms with Gasteiger partial charge in [-0.1, -0.05) is 26.0 Å². The van der Waals surface area contributed by atoms with Gasteiger partial charge in [-0.15, -0.1) is 0 Å². The standard InChI is InChI=1S/C13H15F3O/c1-8(2)12(13(14,15)16)10-4-3-9-5-6-17-11(9)7-10/h3-4,7-8,12H,5-6H2,1-2H3/t12-/m0/s1. The highest BCUT2D eigenvalue weighted by Gasteiger charge is 2.42. The molecule has 0 unspecified atom stereocenters. The Morgan fingerprint density at radius 1 is 1.24 bits per heavy atom. The molecule has 0 N–H and O–H groups in total. The molecule has 1 aromatic rings. The largest absolute Gasteiger partial charge is 0.493 e. The minimum atomic E-state index is -4.21. The Balaban J connectivity index is 2.37. The summed E-state index contributed by atoms with van der Waals surface area (Å²) in [6.07, 6.45) is -3.42. The van der Waals surface area contributed by atoms with Gasteiger partial charge >= 0.3 is 6.18 Å². The number of fused-ring (bicyclic) bond motifs is 1. The zero-order chi connectivity index (χ0) is 12.6. The number of alkyl halides is 3. The van der Waals surface area contributed by atoms with Gasteiger partial charge in [0.1, 0.15) is 5.75 Å². The maximum atomic E-state index is 13.0. The van der Waals surface area contributed by atoms with E-state index in [2.05, 4.69) is 0 Å². The third-order valence-electron chi connectivity index (χ3n) is 3.10. The van der Waals surface area contributed by atoms with Gasteiger partial charge < -0.3 is 4.74 Å². The molecule has 0 amide bonds. The average Bonchev–Trinajstić information content (AvgIpc) is 2.61. The first-order valence-corrected chi connectivity index (χ1v) is 5.72. The van der Waals surface area contributed by atoms with Crippen molar-refractivity contribution in [1.29, 1.82) is 0 Å². The van der Waals surface area contributed by atoms with Crippen LogP contribution in [0.3, 0.4) is 0 Å². The summed E-state index contributed by atoms with van der Waals surface area (Å²) in [5, 5.41) is 0. The molecule has 0 aliphatic carbocycles. The first-order valence-electron chi connectivity index (χ1n) is 5.72. The summed E-state index contributed by atoms with van der Waals surface area (Å²) in [5.74, 6) is -1.29. The van der Waals surface area contributed by atoms with E-state index in [1.807, 2.05) is 0 Å². The van der Waals surface area contributed by atoms with Gasteiger partial charge in [0.15, 0.2) is 0 Å². The fraction of sp³-hybridized carbons (Fsp3) is 0.538. The van der Waals surface area contributed by atoms with E-state index in [1.165, 1.54) is 0 Å². The Kier molecular flexibility index (Phi) is 3.06. The Hall–Kier alpha value is -1.19. The quantitative estimate of drug-likeness (QED) is 0.766. The van der Waals surface area contributed by atoms with E-state index in [0.29, 0.717) is 17.9 Å². The lowest BCUT2D eigenvalue weighted by Crippen LogP contribution is -2.25. The zero-order valence-electron chi connectivity index (χ0n) is 9.84. The van der Waals surface area contributed by atoms with Crippen molar-refractivity contribution in [2.75, 3.05) is 6.61 Å². The number of ether oxygens (including phenoxy) is 1. The molecule has 1 atom stereocenters. The van der Waals surface area contributed by atoms with Crippen molar-refractivity contribution < 1.29 is 17.9 Å². The van der Waals surface area contributed by atoms with Crippen LogP contribution in [0.5, 0.6) is 5.75 Å². The summed E-state index contributed by atoms with van der Waals surface area (Å²) in [4.78, 5) is 0. The highest BCUT2D eigenvalue weighted by Crippen LogP contribution is 2.42. The summed E-state index contributed by atoms with van der Waals surface area (Å²) in [5.41, 5.74) is 1.30. The molecule has 1 heterocycles. The van der Waals surface area contributed by atoms with Gasteiger partial charge in [0, 0.05) is 6.42 Å². The van der Waals surface area contributed by atoms with Gasteiger partial charge in [-0.25, -0.2) is 0 Å². The predicted octanol–water partition coefficient (Wildman–Crippen LogP) is 3.92. The van der Waals surface area contributed by atoms with Crippen molar-refractivity contribution in [3.63, 3.8) is 0 Å². The third kappa shape index (κ3) is 2.40. The average molecular weight is 244 g/mol. The molecule has 0 saturated heterocycles. The molecule has 2 rings (SSSR count). The fourth-order valence-corrected chi connectivity index (χ4v) is 2.33. The first-order chi connectivity index (χ1) is 7.89. The van der Waals surface area contributed by atoms with E-state index in [9.17, 15) is 13.2 Å². The Morgan fingerprint density at radius 3 is 2.53 bits per heavy atom. The van der Waals surface area contributed by atoms with Crippen molar-refractivity contribution in [2.24, 2.45) is 5.92 Å². The molecule has 0 saturated carbocycles. The highest BCUT2D eigenvalue weighted by atomic mass is 19.4. The molecule has 0 radical (unpaired) electrons. The van der Waals surface area contributed by atoms with Gasteiger partial charge in [0.05, 0.1) is 12.5 Å². The van der Waals surface area contributed by atoms with Crippen LogP contribution in [0.2, 0.25) is 0 Å². The Bertz CT molecular complexity index is 410. The molecule has 1 nitrogen and oxygen atoms in total. The summed E-state index contributed by atoms with van der Waals surface area (Å²) in [7, 11) is 0. The van der Waals surface area contributed by atoms with Crippen LogP contribution in [0, 0.1) is 5.92 Å². The van der Waals surface area contributed by atoms with Crippen molar-refractivity contribution in [1.82, 2.24) is 0 Å². The first kappa shape index (κ1) is 12.3. The maximum absolute atomic E-state index is 13.0. The van der Waals surface area contributed by atoms with Gasteiger partial charge in [-0.05, 0) is 23.1 Å². The summed E-state index contributed by atoms with van der Waals surface area (Å²) >= 11 is 0.